The molecule has 1 heterocycles. The van der Waals surface area contributed by atoms with Crippen LogP contribution in [0.1, 0.15) is 34.1 Å². The van der Waals surface area contributed by atoms with Gasteiger partial charge in [0.2, 0.25) is 15.0 Å². The first-order chi connectivity index (χ1) is 17.3. The number of amides is 1. The predicted octanol–water partition coefficient (Wildman–Crippen LogP) is 4.85. The van der Waals surface area contributed by atoms with Crippen molar-refractivity contribution in [2.45, 2.75) is 30.9 Å². The molecule has 0 spiro atoms. The zero-order valence-corrected chi connectivity index (χ0v) is 20.5. The number of rotatable bonds is 9. The van der Waals surface area contributed by atoms with E-state index in [9.17, 15) is 22.0 Å². The Bertz CT molecular complexity index is 1450. The van der Waals surface area contributed by atoms with Gasteiger partial charge in [0.05, 0.1) is 30.7 Å². The van der Waals surface area contributed by atoms with Crippen molar-refractivity contribution in [2.75, 3.05) is 6.54 Å². The van der Waals surface area contributed by atoms with E-state index in [2.05, 4.69) is 4.98 Å². The van der Waals surface area contributed by atoms with E-state index in [0.29, 0.717) is 17.8 Å². The van der Waals surface area contributed by atoms with Gasteiger partial charge in [0, 0.05) is 12.1 Å². The maximum Gasteiger partial charge on any atom is 0.254 e. The molecule has 36 heavy (non-hydrogen) atoms. The predicted molar refractivity (Wildman–Crippen MR) is 132 cm³/mol. The van der Waals surface area contributed by atoms with Crippen LogP contribution in [0, 0.1) is 11.6 Å². The number of carbonyl (C=O) groups excluding carboxylic acids is 1. The molecular formula is C27H25F2N3O3S. The van der Waals surface area contributed by atoms with Gasteiger partial charge in [-0.05, 0) is 48.4 Å². The lowest BCUT2D eigenvalue weighted by Crippen LogP contribution is -2.31. The zero-order chi connectivity index (χ0) is 25.7. The number of imidazole rings is 1. The van der Waals surface area contributed by atoms with E-state index in [1.807, 2.05) is 30.3 Å². The minimum absolute atomic E-state index is 0.0811. The van der Waals surface area contributed by atoms with Crippen LogP contribution in [0.25, 0.3) is 0 Å². The van der Waals surface area contributed by atoms with Gasteiger partial charge in [0.25, 0.3) is 5.91 Å². The third-order valence-electron chi connectivity index (χ3n) is 5.73. The second-order valence-corrected chi connectivity index (χ2v) is 10.2. The molecule has 1 aromatic heterocycles. The molecule has 0 saturated carbocycles. The van der Waals surface area contributed by atoms with Gasteiger partial charge < -0.3 is 9.47 Å². The van der Waals surface area contributed by atoms with Crippen LogP contribution in [0.5, 0.6) is 0 Å². The monoisotopic (exact) mass is 509 g/mol. The first-order valence-corrected chi connectivity index (χ1v) is 13.0. The summed E-state index contributed by atoms with van der Waals surface area (Å²) in [5.74, 6) is -1.69. The number of hydrogen-bond donors (Lipinski definition) is 0. The molecule has 9 heteroatoms. The van der Waals surface area contributed by atoms with E-state index in [1.165, 1.54) is 59.6 Å². The van der Waals surface area contributed by atoms with E-state index in [-0.39, 0.29) is 35.5 Å². The van der Waals surface area contributed by atoms with Gasteiger partial charge >= 0.3 is 0 Å². The third kappa shape index (κ3) is 5.85. The first kappa shape index (κ1) is 25.2. The van der Waals surface area contributed by atoms with Crippen LogP contribution in [0.15, 0.2) is 90.2 Å². The van der Waals surface area contributed by atoms with Crippen molar-refractivity contribution in [2.24, 2.45) is 0 Å². The Kier molecular flexibility index (Phi) is 7.59. The van der Waals surface area contributed by atoms with Crippen LogP contribution in [-0.2, 0) is 28.7 Å². The Balaban J connectivity index is 1.69. The molecule has 0 N–H and O–H groups in total. The lowest BCUT2D eigenvalue weighted by molar-refractivity contribution is 0.0748. The van der Waals surface area contributed by atoms with E-state index < -0.39 is 21.5 Å². The summed E-state index contributed by atoms with van der Waals surface area (Å²) in [6.45, 7) is 2.42. The number of sulfone groups is 1. The van der Waals surface area contributed by atoms with E-state index >= 15 is 0 Å². The van der Waals surface area contributed by atoms with E-state index in [1.54, 1.807) is 11.5 Å². The largest absolute Gasteiger partial charge is 0.333 e. The lowest BCUT2D eigenvalue weighted by atomic mass is 10.2. The van der Waals surface area contributed by atoms with Crippen molar-refractivity contribution in [1.82, 2.24) is 14.5 Å². The van der Waals surface area contributed by atoms with Crippen LogP contribution in [0.4, 0.5) is 8.78 Å². The Hall–Kier alpha value is -3.85. The molecule has 0 aliphatic heterocycles. The van der Waals surface area contributed by atoms with Gasteiger partial charge in [-0.3, -0.25) is 4.79 Å². The summed E-state index contributed by atoms with van der Waals surface area (Å²) < 4.78 is 55.3. The molecule has 4 rings (SSSR count). The third-order valence-corrected chi connectivity index (χ3v) is 7.32. The highest BCUT2D eigenvalue weighted by molar-refractivity contribution is 7.90. The van der Waals surface area contributed by atoms with Gasteiger partial charge in [-0.2, -0.15) is 0 Å². The molecule has 4 aromatic rings. The minimum Gasteiger partial charge on any atom is -0.333 e. The molecule has 0 atom stereocenters. The van der Waals surface area contributed by atoms with Crippen molar-refractivity contribution in [3.8, 4) is 0 Å². The Morgan fingerprint density at radius 1 is 0.917 bits per heavy atom. The highest BCUT2D eigenvalue weighted by Gasteiger charge is 2.26. The lowest BCUT2D eigenvalue weighted by Gasteiger charge is -2.22. The number of carbonyl (C=O) groups is 1. The fourth-order valence-electron chi connectivity index (χ4n) is 3.89. The molecule has 0 radical (unpaired) electrons. The normalized spacial score (nSPS) is 11.4. The smallest absolute Gasteiger partial charge is 0.254 e. The standard InChI is InChI=1S/C27H25F2N3O3S/c1-2-31(26(33)22-9-6-10-24(29)15-22)18-25-16-30-27(32(25)17-20-7-4-3-5-8-20)36(34,35)19-21-11-13-23(28)14-12-21/h3-16H,2,17-19H2,1H3. The SMILES string of the molecule is CCN(Cc1cnc(S(=O)(=O)Cc2ccc(F)cc2)n1Cc1ccccc1)C(=O)c1cccc(F)c1. The molecule has 0 bridgehead atoms. The van der Waals surface area contributed by atoms with Crippen LogP contribution >= 0.6 is 0 Å². The van der Waals surface area contributed by atoms with Crippen molar-refractivity contribution < 1.29 is 22.0 Å². The fraction of sp³-hybridized carbons (Fsp3) is 0.185. The fourth-order valence-corrected chi connectivity index (χ4v) is 5.38. The average molecular weight is 510 g/mol. The van der Waals surface area contributed by atoms with Crippen LogP contribution in [0.3, 0.4) is 0 Å². The summed E-state index contributed by atoms with van der Waals surface area (Å²) in [7, 11) is -3.90. The maximum absolute atomic E-state index is 13.7. The molecule has 6 nitrogen and oxygen atoms in total. The minimum atomic E-state index is -3.90. The van der Waals surface area contributed by atoms with Crippen LogP contribution < -0.4 is 0 Å². The summed E-state index contributed by atoms with van der Waals surface area (Å²) in [5.41, 5.74) is 2.01. The van der Waals surface area contributed by atoms with Crippen molar-refractivity contribution in [3.63, 3.8) is 0 Å². The zero-order valence-electron chi connectivity index (χ0n) is 19.6. The van der Waals surface area contributed by atoms with Gasteiger partial charge in [0.15, 0.2) is 0 Å². The Labute approximate surface area is 208 Å². The molecule has 1 amide bonds. The molecule has 0 aliphatic rings. The highest BCUT2D eigenvalue weighted by Crippen LogP contribution is 2.21. The van der Waals surface area contributed by atoms with Crippen molar-refractivity contribution in [1.29, 1.82) is 0 Å². The summed E-state index contributed by atoms with van der Waals surface area (Å²) in [4.78, 5) is 18.8. The second-order valence-electron chi connectivity index (χ2n) is 8.32. The molecule has 0 fully saturated rings. The molecular weight excluding hydrogens is 484 g/mol. The Morgan fingerprint density at radius 2 is 1.64 bits per heavy atom. The average Bonchev–Trinajstić information content (AvgIpc) is 3.27. The molecule has 186 valence electrons. The number of hydrogen-bond acceptors (Lipinski definition) is 4. The van der Waals surface area contributed by atoms with Crippen LogP contribution in [0.2, 0.25) is 0 Å². The van der Waals surface area contributed by atoms with Crippen molar-refractivity contribution in [3.05, 3.63) is 119 Å². The van der Waals surface area contributed by atoms with Gasteiger partial charge in [-0.15, -0.1) is 0 Å². The molecule has 3 aromatic carbocycles. The summed E-state index contributed by atoms with van der Waals surface area (Å²) in [6.07, 6.45) is 1.45. The quantitative estimate of drug-likeness (QED) is 0.324. The number of benzene rings is 3. The second kappa shape index (κ2) is 10.8. The first-order valence-electron chi connectivity index (χ1n) is 11.4. The molecule has 0 unspecified atom stereocenters. The van der Waals surface area contributed by atoms with Crippen molar-refractivity contribution >= 4 is 15.7 Å². The van der Waals surface area contributed by atoms with Crippen LogP contribution in [-0.4, -0.2) is 35.3 Å². The number of aromatic nitrogens is 2. The van der Waals surface area contributed by atoms with E-state index in [4.69, 9.17) is 0 Å². The number of nitrogens with zero attached hydrogens (tertiary/aromatic N) is 3. The number of halogens is 2. The Morgan fingerprint density at radius 3 is 2.31 bits per heavy atom. The molecule has 0 aliphatic carbocycles. The molecule has 0 saturated heterocycles. The summed E-state index contributed by atoms with van der Waals surface area (Å²) in [6, 6.07) is 20.0. The van der Waals surface area contributed by atoms with Gasteiger partial charge in [0.1, 0.15) is 11.6 Å². The van der Waals surface area contributed by atoms with Gasteiger partial charge in [-0.25, -0.2) is 22.2 Å². The van der Waals surface area contributed by atoms with E-state index in [0.717, 1.165) is 5.56 Å². The summed E-state index contributed by atoms with van der Waals surface area (Å²) in [5, 5.41) is -0.139. The maximum atomic E-state index is 13.7. The topological polar surface area (TPSA) is 72.3 Å². The highest BCUT2D eigenvalue weighted by atomic mass is 32.2. The van der Waals surface area contributed by atoms with Gasteiger partial charge in [-0.1, -0.05) is 48.5 Å². The summed E-state index contributed by atoms with van der Waals surface area (Å²) >= 11 is 0.